The van der Waals surface area contributed by atoms with Crippen molar-refractivity contribution >= 4 is 44.9 Å². The summed E-state index contributed by atoms with van der Waals surface area (Å²) in [5, 5.41) is 6.03. The van der Waals surface area contributed by atoms with Crippen LogP contribution >= 0.6 is 23.1 Å². The van der Waals surface area contributed by atoms with Gasteiger partial charge in [0.25, 0.3) is 5.56 Å². The maximum atomic E-state index is 13.0. The van der Waals surface area contributed by atoms with Crippen molar-refractivity contribution in [3.8, 4) is 5.69 Å². The topological polar surface area (TPSA) is 81.8 Å². The Labute approximate surface area is 175 Å². The number of aromatic nitrogens is 4. The number of fused-ring (bicyclic) bond motifs is 1. The minimum atomic E-state index is -0.433. The molecule has 0 fully saturated rings. The predicted molar refractivity (Wildman–Crippen MR) is 117 cm³/mol. The van der Waals surface area contributed by atoms with Gasteiger partial charge in [-0.15, -0.1) is 11.3 Å². The van der Waals surface area contributed by atoms with Crippen LogP contribution in [0.5, 0.6) is 0 Å². The summed E-state index contributed by atoms with van der Waals surface area (Å²) in [4.78, 5) is 35.2. The van der Waals surface area contributed by atoms with E-state index in [0.29, 0.717) is 5.69 Å². The second-order valence-corrected chi connectivity index (χ2v) is 8.73. The van der Waals surface area contributed by atoms with Crippen molar-refractivity contribution in [1.82, 2.24) is 19.3 Å². The van der Waals surface area contributed by atoms with E-state index in [-0.39, 0.29) is 17.2 Å². The van der Waals surface area contributed by atoms with Crippen LogP contribution in [0.1, 0.15) is 12.6 Å². The van der Waals surface area contributed by atoms with Crippen molar-refractivity contribution in [2.75, 3.05) is 5.32 Å². The number of benzene rings is 1. The van der Waals surface area contributed by atoms with Gasteiger partial charge in [-0.2, -0.15) is 0 Å². The number of hydrogen-bond acceptors (Lipinski definition) is 6. The summed E-state index contributed by atoms with van der Waals surface area (Å²) in [6, 6.07) is 11.3. The zero-order valence-electron chi connectivity index (χ0n) is 16.1. The number of amides is 1. The molecule has 1 amide bonds. The molecule has 7 nitrogen and oxygen atoms in total. The van der Waals surface area contributed by atoms with Crippen LogP contribution in [0.15, 0.2) is 57.9 Å². The van der Waals surface area contributed by atoms with Crippen molar-refractivity contribution in [2.24, 2.45) is 7.05 Å². The summed E-state index contributed by atoms with van der Waals surface area (Å²) in [7, 11) is 1.80. The molecule has 0 saturated heterocycles. The molecule has 0 unspecified atom stereocenters. The maximum absolute atomic E-state index is 13.0. The third-order valence-electron chi connectivity index (χ3n) is 4.69. The summed E-state index contributed by atoms with van der Waals surface area (Å²) in [5.41, 5.74) is 1.46. The van der Waals surface area contributed by atoms with Gasteiger partial charge >= 0.3 is 0 Å². The van der Waals surface area contributed by atoms with E-state index in [2.05, 4.69) is 15.3 Å². The SMILES string of the molecule is Cc1c(NC(=O)[C@@H](C)Sc2ncnc3sccc23)c(=O)n(-c2ccccc2)n1C. The Morgan fingerprint density at radius 3 is 2.72 bits per heavy atom. The van der Waals surface area contributed by atoms with E-state index in [1.807, 2.05) is 48.7 Å². The Balaban J connectivity index is 1.58. The van der Waals surface area contributed by atoms with Gasteiger partial charge in [0.2, 0.25) is 5.91 Å². The zero-order valence-corrected chi connectivity index (χ0v) is 17.8. The van der Waals surface area contributed by atoms with Gasteiger partial charge in [-0.25, -0.2) is 14.6 Å². The molecule has 3 aromatic heterocycles. The van der Waals surface area contributed by atoms with Gasteiger partial charge in [-0.1, -0.05) is 30.0 Å². The summed E-state index contributed by atoms with van der Waals surface area (Å²) in [5.74, 6) is -0.247. The lowest BCUT2D eigenvalue weighted by Crippen LogP contribution is -2.27. The zero-order chi connectivity index (χ0) is 20.5. The van der Waals surface area contributed by atoms with E-state index < -0.39 is 5.25 Å². The summed E-state index contributed by atoms with van der Waals surface area (Å²) in [6.45, 7) is 3.61. The van der Waals surface area contributed by atoms with Crippen molar-refractivity contribution in [2.45, 2.75) is 24.1 Å². The van der Waals surface area contributed by atoms with Crippen LogP contribution in [0, 0.1) is 6.92 Å². The van der Waals surface area contributed by atoms with Crippen molar-refractivity contribution in [3.63, 3.8) is 0 Å². The molecule has 1 atom stereocenters. The fourth-order valence-corrected chi connectivity index (χ4v) is 4.72. The number of nitrogens with one attached hydrogen (secondary N) is 1. The number of nitrogens with zero attached hydrogens (tertiary/aromatic N) is 4. The monoisotopic (exact) mass is 425 g/mol. The molecule has 29 heavy (non-hydrogen) atoms. The first kappa shape index (κ1) is 19.4. The average molecular weight is 426 g/mol. The van der Waals surface area contributed by atoms with Crippen LogP contribution in [0.3, 0.4) is 0 Å². The molecule has 148 valence electrons. The largest absolute Gasteiger partial charge is 0.319 e. The summed E-state index contributed by atoms with van der Waals surface area (Å²) >= 11 is 2.89. The van der Waals surface area contributed by atoms with E-state index in [1.165, 1.54) is 29.4 Å². The highest BCUT2D eigenvalue weighted by Crippen LogP contribution is 2.30. The van der Waals surface area contributed by atoms with E-state index in [1.54, 1.807) is 23.3 Å². The minimum Gasteiger partial charge on any atom is -0.319 e. The lowest BCUT2D eigenvalue weighted by atomic mass is 10.3. The number of rotatable bonds is 5. The van der Waals surface area contributed by atoms with Crippen molar-refractivity contribution in [1.29, 1.82) is 0 Å². The number of thioether (sulfide) groups is 1. The number of carbonyl (C=O) groups excluding carboxylic acids is 1. The van der Waals surface area contributed by atoms with Crippen LogP contribution in [-0.2, 0) is 11.8 Å². The molecule has 1 aromatic carbocycles. The second-order valence-electron chi connectivity index (χ2n) is 6.50. The normalized spacial score (nSPS) is 12.2. The molecule has 4 aromatic rings. The molecule has 0 aliphatic heterocycles. The van der Waals surface area contributed by atoms with Gasteiger partial charge < -0.3 is 5.32 Å². The molecule has 1 N–H and O–H groups in total. The molecule has 0 spiro atoms. The Hall–Kier alpha value is -2.91. The van der Waals surface area contributed by atoms with Crippen LogP contribution in [-0.4, -0.2) is 30.5 Å². The first-order valence-electron chi connectivity index (χ1n) is 8.97. The van der Waals surface area contributed by atoms with Gasteiger partial charge in [0, 0.05) is 12.4 Å². The highest BCUT2D eigenvalue weighted by Gasteiger charge is 2.22. The number of para-hydroxylation sites is 1. The maximum Gasteiger partial charge on any atom is 0.295 e. The molecule has 0 saturated carbocycles. The van der Waals surface area contributed by atoms with Gasteiger partial charge in [-0.05, 0) is 37.4 Å². The molecule has 3 heterocycles. The lowest BCUT2D eigenvalue weighted by molar-refractivity contribution is -0.115. The van der Waals surface area contributed by atoms with Crippen molar-refractivity contribution < 1.29 is 4.79 Å². The lowest BCUT2D eigenvalue weighted by Gasteiger charge is -2.11. The number of hydrogen-bond donors (Lipinski definition) is 1. The van der Waals surface area contributed by atoms with E-state index in [4.69, 9.17) is 0 Å². The molecule has 9 heteroatoms. The molecular formula is C20H19N5O2S2. The van der Waals surface area contributed by atoms with E-state index >= 15 is 0 Å². The van der Waals surface area contributed by atoms with E-state index in [0.717, 1.165) is 20.9 Å². The third kappa shape index (κ3) is 3.58. The molecule has 0 aliphatic carbocycles. The first-order valence-corrected chi connectivity index (χ1v) is 10.7. The Bertz CT molecular complexity index is 1240. The summed E-state index contributed by atoms with van der Waals surface area (Å²) < 4.78 is 3.28. The fourth-order valence-electron chi connectivity index (χ4n) is 3.02. The van der Waals surface area contributed by atoms with Crippen LogP contribution in [0.2, 0.25) is 0 Å². The Morgan fingerprint density at radius 2 is 1.97 bits per heavy atom. The predicted octanol–water partition coefficient (Wildman–Crippen LogP) is 3.61. The smallest absolute Gasteiger partial charge is 0.295 e. The fraction of sp³-hybridized carbons (Fsp3) is 0.200. The molecule has 0 bridgehead atoms. The standard InChI is InChI=1S/C20H19N5O2S2/c1-12-16(20(27)25(24(12)3)14-7-5-4-6-8-14)23-17(26)13(2)29-19-15-9-10-28-18(15)21-11-22-19/h4-11,13H,1-3H3,(H,23,26)/t13-/m1/s1. The number of thiophene rings is 1. The summed E-state index contributed by atoms with van der Waals surface area (Å²) in [6.07, 6.45) is 1.51. The Morgan fingerprint density at radius 1 is 1.21 bits per heavy atom. The highest BCUT2D eigenvalue weighted by molar-refractivity contribution is 8.00. The van der Waals surface area contributed by atoms with Crippen LogP contribution in [0.4, 0.5) is 5.69 Å². The molecule has 4 rings (SSSR count). The second kappa shape index (κ2) is 7.84. The molecule has 0 aliphatic rings. The Kier molecular flexibility index (Phi) is 5.25. The molecular weight excluding hydrogens is 406 g/mol. The molecule has 0 radical (unpaired) electrons. The first-order chi connectivity index (χ1) is 14.0. The van der Waals surface area contributed by atoms with Gasteiger partial charge in [0.05, 0.1) is 16.6 Å². The average Bonchev–Trinajstić information content (AvgIpc) is 3.28. The third-order valence-corrected chi connectivity index (χ3v) is 6.62. The van der Waals surface area contributed by atoms with Gasteiger partial charge in [-0.3, -0.25) is 14.3 Å². The van der Waals surface area contributed by atoms with Gasteiger partial charge in [0.1, 0.15) is 21.9 Å². The van der Waals surface area contributed by atoms with E-state index in [9.17, 15) is 9.59 Å². The number of carbonyl (C=O) groups is 1. The van der Waals surface area contributed by atoms with Crippen LogP contribution < -0.4 is 10.9 Å². The van der Waals surface area contributed by atoms with Crippen LogP contribution in [0.25, 0.3) is 15.9 Å². The van der Waals surface area contributed by atoms with Crippen molar-refractivity contribution in [3.05, 3.63) is 64.2 Å². The minimum absolute atomic E-state index is 0.247. The number of anilines is 1. The van der Waals surface area contributed by atoms with Gasteiger partial charge in [0.15, 0.2) is 0 Å². The highest BCUT2D eigenvalue weighted by atomic mass is 32.2. The quantitative estimate of drug-likeness (QED) is 0.390.